The first kappa shape index (κ1) is 22.0. The monoisotopic (exact) mass is 418 g/mol. The van der Waals surface area contributed by atoms with Crippen LogP contribution in [0.2, 0.25) is 0 Å². The molecule has 0 saturated carbocycles. The van der Waals surface area contributed by atoms with Gasteiger partial charge in [-0.3, -0.25) is 9.59 Å². The van der Waals surface area contributed by atoms with Gasteiger partial charge in [-0.25, -0.2) is 0 Å². The van der Waals surface area contributed by atoms with Crippen molar-refractivity contribution in [3.8, 4) is 17.0 Å². The first-order valence-corrected chi connectivity index (χ1v) is 10.2. The van der Waals surface area contributed by atoms with Crippen LogP contribution >= 0.6 is 0 Å². The Bertz CT molecular complexity index is 1050. The van der Waals surface area contributed by atoms with Crippen molar-refractivity contribution < 1.29 is 14.3 Å². The van der Waals surface area contributed by atoms with Crippen molar-refractivity contribution in [1.82, 2.24) is 15.5 Å². The summed E-state index contributed by atoms with van der Waals surface area (Å²) in [5.74, 6) is -0.0911. The van der Waals surface area contributed by atoms with Crippen molar-refractivity contribution in [3.63, 3.8) is 0 Å². The highest BCUT2D eigenvalue weighted by molar-refractivity contribution is 5.99. The maximum Gasteiger partial charge on any atom is 0.255 e. The van der Waals surface area contributed by atoms with Crippen molar-refractivity contribution >= 4 is 17.5 Å². The van der Waals surface area contributed by atoms with E-state index >= 15 is 0 Å². The molecular formula is C24H26N4O3. The SMILES string of the molecule is CCOc1ccc(NC(=O)C(C)C)cc1C(=O)NCc1cccc(-c2cccnn2)c1. The van der Waals surface area contributed by atoms with Gasteiger partial charge >= 0.3 is 0 Å². The average Bonchev–Trinajstić information content (AvgIpc) is 2.79. The molecule has 0 aliphatic rings. The Labute approximate surface area is 181 Å². The standard InChI is InChI=1S/C24H26N4O3/c1-4-31-22-11-10-19(27-23(29)16(2)3)14-20(22)24(30)25-15-17-7-5-8-18(13-17)21-9-6-12-26-28-21/h5-14,16H,4,15H2,1-3H3,(H,25,30)(H,27,29). The average molecular weight is 418 g/mol. The van der Waals surface area contributed by atoms with Gasteiger partial charge in [-0.1, -0.05) is 32.0 Å². The third kappa shape index (κ3) is 5.88. The fourth-order valence-electron chi connectivity index (χ4n) is 2.93. The maximum atomic E-state index is 12.9. The Morgan fingerprint density at radius 3 is 2.61 bits per heavy atom. The number of hydrogen-bond donors (Lipinski definition) is 2. The molecule has 0 saturated heterocycles. The van der Waals surface area contributed by atoms with Gasteiger partial charge in [0.15, 0.2) is 0 Å². The molecule has 31 heavy (non-hydrogen) atoms. The number of ether oxygens (including phenoxy) is 1. The van der Waals surface area contributed by atoms with E-state index in [2.05, 4.69) is 20.8 Å². The highest BCUT2D eigenvalue weighted by atomic mass is 16.5. The number of amides is 2. The lowest BCUT2D eigenvalue weighted by Gasteiger charge is -2.14. The van der Waals surface area contributed by atoms with Crippen LogP contribution in [0.5, 0.6) is 5.75 Å². The van der Waals surface area contributed by atoms with Crippen LogP contribution in [0.4, 0.5) is 5.69 Å². The summed E-state index contributed by atoms with van der Waals surface area (Å²) in [5.41, 5.74) is 3.54. The van der Waals surface area contributed by atoms with Crippen LogP contribution in [-0.4, -0.2) is 28.6 Å². The molecule has 7 nitrogen and oxygen atoms in total. The van der Waals surface area contributed by atoms with Crippen molar-refractivity contribution in [2.24, 2.45) is 5.92 Å². The smallest absolute Gasteiger partial charge is 0.255 e. The lowest BCUT2D eigenvalue weighted by atomic mass is 10.1. The third-order valence-corrected chi connectivity index (χ3v) is 4.56. The zero-order valence-corrected chi connectivity index (χ0v) is 17.9. The number of nitrogens with zero attached hydrogens (tertiary/aromatic N) is 2. The second kappa shape index (κ2) is 10.3. The number of aromatic nitrogens is 2. The van der Waals surface area contributed by atoms with Crippen molar-refractivity contribution in [2.45, 2.75) is 27.3 Å². The quantitative estimate of drug-likeness (QED) is 0.575. The van der Waals surface area contributed by atoms with Gasteiger partial charge in [0, 0.05) is 29.9 Å². The van der Waals surface area contributed by atoms with Gasteiger partial charge in [-0.05, 0) is 48.9 Å². The molecule has 0 radical (unpaired) electrons. The van der Waals surface area contributed by atoms with Crippen molar-refractivity contribution in [3.05, 3.63) is 71.9 Å². The van der Waals surface area contributed by atoms with Crippen LogP contribution in [0.25, 0.3) is 11.3 Å². The van der Waals surface area contributed by atoms with E-state index in [0.29, 0.717) is 30.2 Å². The Morgan fingerprint density at radius 2 is 1.90 bits per heavy atom. The summed E-state index contributed by atoms with van der Waals surface area (Å²) in [6.45, 7) is 6.24. The number of benzene rings is 2. The fraction of sp³-hybridized carbons (Fsp3) is 0.250. The molecule has 0 bridgehead atoms. The summed E-state index contributed by atoms with van der Waals surface area (Å²) >= 11 is 0. The van der Waals surface area contributed by atoms with Gasteiger partial charge in [0.25, 0.3) is 5.91 Å². The lowest BCUT2D eigenvalue weighted by molar-refractivity contribution is -0.118. The van der Waals surface area contributed by atoms with Gasteiger partial charge in [-0.2, -0.15) is 10.2 Å². The predicted molar refractivity (Wildman–Crippen MR) is 120 cm³/mol. The highest BCUT2D eigenvalue weighted by Gasteiger charge is 2.15. The Balaban J connectivity index is 1.75. The molecule has 1 heterocycles. The molecule has 7 heteroatoms. The van der Waals surface area contributed by atoms with E-state index in [1.54, 1.807) is 24.4 Å². The molecule has 0 fully saturated rings. The van der Waals surface area contributed by atoms with E-state index in [0.717, 1.165) is 16.8 Å². The predicted octanol–water partition coefficient (Wildman–Crippen LogP) is 4.07. The second-order valence-corrected chi connectivity index (χ2v) is 7.28. The molecule has 0 aliphatic carbocycles. The van der Waals surface area contributed by atoms with Crippen LogP contribution in [0.3, 0.4) is 0 Å². The number of carbonyl (C=O) groups is 2. The normalized spacial score (nSPS) is 10.6. The number of carbonyl (C=O) groups excluding carboxylic acids is 2. The highest BCUT2D eigenvalue weighted by Crippen LogP contribution is 2.24. The second-order valence-electron chi connectivity index (χ2n) is 7.28. The molecule has 0 aliphatic heterocycles. The molecule has 0 unspecified atom stereocenters. The van der Waals surface area contributed by atoms with Crippen molar-refractivity contribution in [1.29, 1.82) is 0 Å². The summed E-state index contributed by atoms with van der Waals surface area (Å²) in [5, 5.41) is 13.8. The number of nitrogens with one attached hydrogen (secondary N) is 2. The van der Waals surface area contributed by atoms with Crippen LogP contribution < -0.4 is 15.4 Å². The lowest BCUT2D eigenvalue weighted by Crippen LogP contribution is -2.24. The van der Waals surface area contributed by atoms with E-state index in [4.69, 9.17) is 4.74 Å². The van der Waals surface area contributed by atoms with Gasteiger partial charge in [0.2, 0.25) is 5.91 Å². The number of anilines is 1. The van der Waals surface area contributed by atoms with E-state index in [1.807, 2.05) is 57.2 Å². The topological polar surface area (TPSA) is 93.2 Å². The number of hydrogen-bond acceptors (Lipinski definition) is 5. The first-order chi connectivity index (χ1) is 15.0. The van der Waals surface area contributed by atoms with Gasteiger partial charge in [-0.15, -0.1) is 0 Å². The molecule has 0 spiro atoms. The Morgan fingerprint density at radius 1 is 1.06 bits per heavy atom. The largest absolute Gasteiger partial charge is 0.493 e. The molecular weight excluding hydrogens is 392 g/mol. The summed E-state index contributed by atoms with van der Waals surface area (Å²) in [4.78, 5) is 24.9. The summed E-state index contributed by atoms with van der Waals surface area (Å²) in [7, 11) is 0. The zero-order valence-electron chi connectivity index (χ0n) is 17.9. The fourth-order valence-corrected chi connectivity index (χ4v) is 2.93. The number of rotatable bonds is 8. The first-order valence-electron chi connectivity index (χ1n) is 10.2. The van der Waals surface area contributed by atoms with E-state index in [1.165, 1.54) is 0 Å². The maximum absolute atomic E-state index is 12.9. The molecule has 1 aromatic heterocycles. The minimum atomic E-state index is -0.283. The molecule has 3 aromatic rings. The Hall–Kier alpha value is -3.74. The van der Waals surface area contributed by atoms with Crippen LogP contribution in [0, 0.1) is 5.92 Å². The van der Waals surface area contributed by atoms with Gasteiger partial charge in [0.1, 0.15) is 5.75 Å². The summed E-state index contributed by atoms with van der Waals surface area (Å²) in [6.07, 6.45) is 1.63. The minimum Gasteiger partial charge on any atom is -0.493 e. The molecule has 3 rings (SSSR count). The summed E-state index contributed by atoms with van der Waals surface area (Å²) in [6, 6.07) is 16.5. The molecule has 0 atom stereocenters. The molecule has 2 amide bonds. The van der Waals surface area contributed by atoms with Gasteiger partial charge in [0.05, 0.1) is 17.9 Å². The van der Waals surface area contributed by atoms with Crippen molar-refractivity contribution in [2.75, 3.05) is 11.9 Å². The van der Waals surface area contributed by atoms with Gasteiger partial charge < -0.3 is 15.4 Å². The van der Waals surface area contributed by atoms with Crippen LogP contribution in [0.1, 0.15) is 36.7 Å². The van der Waals surface area contributed by atoms with E-state index in [-0.39, 0.29) is 17.7 Å². The molecule has 2 N–H and O–H groups in total. The Kier molecular flexibility index (Phi) is 7.32. The zero-order chi connectivity index (χ0) is 22.2. The van der Waals surface area contributed by atoms with Crippen LogP contribution in [-0.2, 0) is 11.3 Å². The van der Waals surface area contributed by atoms with E-state index in [9.17, 15) is 9.59 Å². The van der Waals surface area contributed by atoms with E-state index < -0.39 is 0 Å². The molecule has 2 aromatic carbocycles. The van der Waals surface area contributed by atoms with Crippen LogP contribution in [0.15, 0.2) is 60.8 Å². The minimum absolute atomic E-state index is 0.114. The summed E-state index contributed by atoms with van der Waals surface area (Å²) < 4.78 is 5.61. The third-order valence-electron chi connectivity index (χ3n) is 4.56. The molecule has 160 valence electrons.